The van der Waals surface area contributed by atoms with E-state index in [2.05, 4.69) is 20.6 Å². The number of halogens is 4. The molecule has 0 bridgehead atoms. The summed E-state index contributed by atoms with van der Waals surface area (Å²) in [5, 5.41) is 5.30. The topological polar surface area (TPSA) is 49.8 Å². The molecule has 0 spiro atoms. The SMILES string of the molecule is CCNc1ncc(Cl)c(Nc2c(F)cc(F)cc2F)n1. The summed E-state index contributed by atoms with van der Waals surface area (Å²) in [5.41, 5.74) is -0.533. The summed E-state index contributed by atoms with van der Waals surface area (Å²) < 4.78 is 39.9. The average Bonchev–Trinajstić information content (AvgIpc) is 2.37. The summed E-state index contributed by atoms with van der Waals surface area (Å²) >= 11 is 5.85. The molecule has 106 valence electrons. The Morgan fingerprint density at radius 1 is 1.20 bits per heavy atom. The van der Waals surface area contributed by atoms with Crippen LogP contribution in [0.4, 0.5) is 30.6 Å². The zero-order chi connectivity index (χ0) is 14.7. The van der Waals surface area contributed by atoms with Crippen molar-refractivity contribution in [3.63, 3.8) is 0 Å². The quantitative estimate of drug-likeness (QED) is 0.903. The fourth-order valence-electron chi connectivity index (χ4n) is 1.48. The smallest absolute Gasteiger partial charge is 0.224 e. The molecule has 0 saturated heterocycles. The summed E-state index contributed by atoms with van der Waals surface area (Å²) in [7, 11) is 0. The maximum atomic E-state index is 13.5. The van der Waals surface area contributed by atoms with Gasteiger partial charge in [-0.05, 0) is 6.92 Å². The molecule has 0 atom stereocenters. The zero-order valence-electron chi connectivity index (χ0n) is 10.3. The first-order valence-electron chi connectivity index (χ1n) is 5.69. The second-order valence-electron chi connectivity index (χ2n) is 3.79. The largest absolute Gasteiger partial charge is 0.354 e. The van der Waals surface area contributed by atoms with Crippen molar-refractivity contribution in [1.82, 2.24) is 9.97 Å². The number of benzene rings is 1. The molecule has 0 unspecified atom stereocenters. The molecule has 8 heteroatoms. The zero-order valence-corrected chi connectivity index (χ0v) is 11.1. The van der Waals surface area contributed by atoms with Crippen LogP contribution in [0.15, 0.2) is 18.3 Å². The van der Waals surface area contributed by atoms with Crippen LogP contribution in [-0.4, -0.2) is 16.5 Å². The normalized spacial score (nSPS) is 10.4. The van der Waals surface area contributed by atoms with Crippen LogP contribution in [0, 0.1) is 17.5 Å². The van der Waals surface area contributed by atoms with Crippen molar-refractivity contribution in [2.24, 2.45) is 0 Å². The molecule has 1 aromatic heterocycles. The van der Waals surface area contributed by atoms with E-state index in [0.717, 1.165) is 0 Å². The highest BCUT2D eigenvalue weighted by atomic mass is 35.5. The molecule has 2 rings (SSSR count). The Kier molecular flexibility index (Phi) is 4.29. The number of aromatic nitrogens is 2. The average molecular weight is 303 g/mol. The van der Waals surface area contributed by atoms with Gasteiger partial charge in [0.2, 0.25) is 5.95 Å². The predicted molar refractivity (Wildman–Crippen MR) is 70.8 cm³/mol. The van der Waals surface area contributed by atoms with Gasteiger partial charge in [0.1, 0.15) is 16.5 Å². The molecule has 0 radical (unpaired) electrons. The number of hydrogen-bond donors (Lipinski definition) is 2. The molecule has 0 aliphatic carbocycles. The van der Waals surface area contributed by atoms with Crippen LogP contribution in [0.2, 0.25) is 5.02 Å². The molecule has 0 aliphatic heterocycles. The number of rotatable bonds is 4. The molecule has 20 heavy (non-hydrogen) atoms. The summed E-state index contributed by atoms with van der Waals surface area (Å²) in [4.78, 5) is 7.86. The molecular weight excluding hydrogens is 293 g/mol. The monoisotopic (exact) mass is 302 g/mol. The Morgan fingerprint density at radius 2 is 1.85 bits per heavy atom. The third-order valence-electron chi connectivity index (χ3n) is 2.33. The lowest BCUT2D eigenvalue weighted by Crippen LogP contribution is -2.06. The van der Waals surface area contributed by atoms with Crippen molar-refractivity contribution < 1.29 is 13.2 Å². The minimum atomic E-state index is -1.08. The second-order valence-corrected chi connectivity index (χ2v) is 4.20. The van der Waals surface area contributed by atoms with Crippen molar-refractivity contribution in [1.29, 1.82) is 0 Å². The summed E-state index contributed by atoms with van der Waals surface area (Å²) in [6, 6.07) is 1.12. The van der Waals surface area contributed by atoms with Gasteiger partial charge in [-0.25, -0.2) is 18.2 Å². The number of anilines is 3. The Balaban J connectivity index is 2.37. The van der Waals surface area contributed by atoms with Crippen LogP contribution in [0.1, 0.15) is 6.92 Å². The van der Waals surface area contributed by atoms with Crippen molar-refractivity contribution in [2.75, 3.05) is 17.2 Å². The Labute approximate surface area is 118 Å². The van der Waals surface area contributed by atoms with Gasteiger partial charge in [0.05, 0.1) is 6.20 Å². The van der Waals surface area contributed by atoms with Gasteiger partial charge < -0.3 is 10.6 Å². The maximum Gasteiger partial charge on any atom is 0.224 e. The highest BCUT2D eigenvalue weighted by Gasteiger charge is 2.14. The van der Waals surface area contributed by atoms with E-state index in [-0.39, 0.29) is 16.8 Å². The van der Waals surface area contributed by atoms with Crippen LogP contribution >= 0.6 is 11.6 Å². The second kappa shape index (κ2) is 5.96. The van der Waals surface area contributed by atoms with Crippen LogP contribution in [0.3, 0.4) is 0 Å². The molecule has 2 aromatic rings. The Morgan fingerprint density at radius 3 is 2.45 bits per heavy atom. The third-order valence-corrected chi connectivity index (χ3v) is 2.61. The van der Waals surface area contributed by atoms with Crippen LogP contribution < -0.4 is 10.6 Å². The van der Waals surface area contributed by atoms with E-state index in [1.54, 1.807) is 0 Å². The Bertz CT molecular complexity index is 613. The van der Waals surface area contributed by atoms with Crippen LogP contribution in [0.5, 0.6) is 0 Å². The van der Waals surface area contributed by atoms with Crippen molar-refractivity contribution in [2.45, 2.75) is 6.92 Å². The molecule has 1 aromatic carbocycles. The molecule has 0 aliphatic rings. The van der Waals surface area contributed by atoms with Gasteiger partial charge in [0.25, 0.3) is 0 Å². The van der Waals surface area contributed by atoms with E-state index in [1.807, 2.05) is 6.92 Å². The summed E-state index contributed by atoms with van der Waals surface area (Å²) in [5.74, 6) is -2.90. The van der Waals surface area contributed by atoms with Gasteiger partial charge in [0, 0.05) is 18.7 Å². The molecule has 0 fully saturated rings. The van der Waals surface area contributed by atoms with E-state index < -0.39 is 23.1 Å². The van der Waals surface area contributed by atoms with Crippen molar-refractivity contribution in [3.8, 4) is 0 Å². The molecule has 1 heterocycles. The summed E-state index contributed by atoms with van der Waals surface area (Å²) in [6.45, 7) is 2.41. The first-order chi connectivity index (χ1) is 9.51. The minimum absolute atomic E-state index is 0.0158. The fourth-order valence-corrected chi connectivity index (χ4v) is 1.62. The highest BCUT2D eigenvalue weighted by Crippen LogP contribution is 2.27. The molecular formula is C12H10ClF3N4. The Hall–Kier alpha value is -2.02. The van der Waals surface area contributed by atoms with Crippen molar-refractivity contribution in [3.05, 3.63) is 40.8 Å². The summed E-state index contributed by atoms with van der Waals surface area (Å²) in [6.07, 6.45) is 1.29. The number of nitrogens with zero attached hydrogens (tertiary/aromatic N) is 2. The molecule has 0 amide bonds. The van der Waals surface area contributed by atoms with E-state index >= 15 is 0 Å². The third kappa shape index (κ3) is 3.11. The molecule has 0 saturated carbocycles. The molecule has 2 N–H and O–H groups in total. The predicted octanol–water partition coefficient (Wildman–Crippen LogP) is 3.72. The van der Waals surface area contributed by atoms with Gasteiger partial charge in [-0.3, -0.25) is 0 Å². The van der Waals surface area contributed by atoms with E-state index in [0.29, 0.717) is 18.7 Å². The van der Waals surface area contributed by atoms with E-state index in [4.69, 9.17) is 11.6 Å². The van der Waals surface area contributed by atoms with Crippen molar-refractivity contribution >= 4 is 29.1 Å². The maximum absolute atomic E-state index is 13.5. The first-order valence-corrected chi connectivity index (χ1v) is 6.07. The molecule has 4 nitrogen and oxygen atoms in total. The van der Waals surface area contributed by atoms with Crippen LogP contribution in [0.25, 0.3) is 0 Å². The van der Waals surface area contributed by atoms with Gasteiger partial charge in [-0.1, -0.05) is 11.6 Å². The van der Waals surface area contributed by atoms with E-state index in [9.17, 15) is 13.2 Å². The minimum Gasteiger partial charge on any atom is -0.354 e. The number of nitrogens with one attached hydrogen (secondary N) is 2. The van der Waals surface area contributed by atoms with E-state index in [1.165, 1.54) is 6.20 Å². The number of hydrogen-bond acceptors (Lipinski definition) is 4. The lowest BCUT2D eigenvalue weighted by molar-refractivity contribution is 0.549. The lowest BCUT2D eigenvalue weighted by Gasteiger charge is -2.11. The van der Waals surface area contributed by atoms with Gasteiger partial charge in [0.15, 0.2) is 17.5 Å². The fraction of sp³-hybridized carbons (Fsp3) is 0.167. The van der Waals surface area contributed by atoms with Gasteiger partial charge in [-0.2, -0.15) is 4.98 Å². The standard InChI is InChI=1S/C12H10ClF3N4/c1-2-17-12-18-5-7(13)11(20-12)19-10-8(15)3-6(14)4-9(10)16/h3-5H,2H2,1H3,(H2,17,18,19,20). The van der Waals surface area contributed by atoms with Crippen LogP contribution in [-0.2, 0) is 0 Å². The first kappa shape index (κ1) is 14.4. The van der Waals surface area contributed by atoms with Gasteiger partial charge >= 0.3 is 0 Å². The van der Waals surface area contributed by atoms with Gasteiger partial charge in [-0.15, -0.1) is 0 Å². The highest BCUT2D eigenvalue weighted by molar-refractivity contribution is 6.32. The lowest BCUT2D eigenvalue weighted by atomic mass is 10.2.